The molecule has 1 N–H and O–H groups in total. The van der Waals surface area contributed by atoms with Crippen molar-refractivity contribution in [3.05, 3.63) is 102 Å². The molecular formula is C26H23N4O2+. The minimum Gasteiger partial charge on any atom is -0.495 e. The van der Waals surface area contributed by atoms with E-state index in [-0.39, 0.29) is 5.91 Å². The van der Waals surface area contributed by atoms with Crippen LogP contribution in [0.15, 0.2) is 85.3 Å². The van der Waals surface area contributed by atoms with E-state index in [2.05, 4.69) is 22.4 Å². The highest BCUT2D eigenvalue weighted by molar-refractivity contribution is 5.82. The Bertz CT molecular complexity index is 1260. The third kappa shape index (κ3) is 3.95. The SMILES string of the molecule is COc1cncc(CC2Nc3c(Cc4ccccc4)nc(-c4ccccc4)c[n+]3C2=O)c1. The summed E-state index contributed by atoms with van der Waals surface area (Å²) < 4.78 is 6.99. The fraction of sp³-hybridized carbons (Fsp3) is 0.154. The molecular weight excluding hydrogens is 400 g/mol. The number of hydrogen-bond donors (Lipinski definition) is 1. The Morgan fingerprint density at radius 3 is 2.50 bits per heavy atom. The molecule has 2 aromatic carbocycles. The van der Waals surface area contributed by atoms with Gasteiger partial charge in [0, 0.05) is 24.6 Å². The van der Waals surface area contributed by atoms with Crippen molar-refractivity contribution in [2.24, 2.45) is 0 Å². The average Bonchev–Trinajstić information content (AvgIpc) is 3.16. The molecule has 6 nitrogen and oxygen atoms in total. The van der Waals surface area contributed by atoms with Crippen molar-refractivity contribution in [3.8, 4) is 17.0 Å². The zero-order valence-corrected chi connectivity index (χ0v) is 17.7. The van der Waals surface area contributed by atoms with Crippen LogP contribution in [0.4, 0.5) is 5.82 Å². The van der Waals surface area contributed by atoms with Gasteiger partial charge in [-0.05, 0) is 17.2 Å². The van der Waals surface area contributed by atoms with E-state index in [1.165, 1.54) is 0 Å². The zero-order chi connectivity index (χ0) is 21.9. The third-order valence-electron chi connectivity index (χ3n) is 5.60. The van der Waals surface area contributed by atoms with E-state index >= 15 is 0 Å². The third-order valence-corrected chi connectivity index (χ3v) is 5.60. The summed E-state index contributed by atoms with van der Waals surface area (Å²) in [7, 11) is 1.61. The molecule has 1 aliphatic rings. The smallest absolute Gasteiger partial charge is 0.359 e. The van der Waals surface area contributed by atoms with Crippen LogP contribution in [0.25, 0.3) is 11.3 Å². The van der Waals surface area contributed by atoms with Crippen molar-refractivity contribution in [2.75, 3.05) is 12.4 Å². The van der Waals surface area contributed by atoms with E-state index in [9.17, 15) is 4.79 Å². The number of nitrogens with one attached hydrogen (secondary N) is 1. The lowest BCUT2D eigenvalue weighted by Gasteiger charge is -2.07. The van der Waals surface area contributed by atoms with Crippen LogP contribution in [0.1, 0.15) is 21.6 Å². The normalized spacial score (nSPS) is 14.7. The van der Waals surface area contributed by atoms with Crippen LogP contribution in [0.5, 0.6) is 5.75 Å². The van der Waals surface area contributed by atoms with Crippen LogP contribution < -0.4 is 14.6 Å². The fourth-order valence-electron chi connectivity index (χ4n) is 4.00. The maximum Gasteiger partial charge on any atom is 0.359 e. The van der Waals surface area contributed by atoms with Crippen molar-refractivity contribution in [1.29, 1.82) is 0 Å². The molecule has 0 saturated carbocycles. The summed E-state index contributed by atoms with van der Waals surface area (Å²) in [6, 6.07) is 21.6. The van der Waals surface area contributed by atoms with Gasteiger partial charge in [-0.15, -0.1) is 0 Å². The van der Waals surface area contributed by atoms with Gasteiger partial charge in [0.15, 0.2) is 6.04 Å². The van der Waals surface area contributed by atoms with E-state index in [0.717, 1.165) is 33.9 Å². The molecule has 32 heavy (non-hydrogen) atoms. The highest BCUT2D eigenvalue weighted by atomic mass is 16.5. The van der Waals surface area contributed by atoms with Crippen LogP contribution in [-0.4, -0.2) is 29.0 Å². The molecule has 1 aliphatic heterocycles. The number of hydrogen-bond acceptors (Lipinski definition) is 5. The van der Waals surface area contributed by atoms with Crippen LogP contribution in [0, 0.1) is 0 Å². The summed E-state index contributed by atoms with van der Waals surface area (Å²) in [5.74, 6) is 1.42. The van der Waals surface area contributed by atoms with Crippen molar-refractivity contribution >= 4 is 11.7 Å². The maximum absolute atomic E-state index is 13.4. The molecule has 5 rings (SSSR count). The van der Waals surface area contributed by atoms with Gasteiger partial charge < -0.3 is 4.74 Å². The number of fused-ring (bicyclic) bond motifs is 1. The molecule has 0 radical (unpaired) electrons. The van der Waals surface area contributed by atoms with Crippen LogP contribution in [-0.2, 0) is 12.8 Å². The topological polar surface area (TPSA) is 68.0 Å². The minimum absolute atomic E-state index is 0.00304. The van der Waals surface area contributed by atoms with Gasteiger partial charge in [-0.2, -0.15) is 4.57 Å². The summed E-state index contributed by atoms with van der Waals surface area (Å²) in [6.45, 7) is 0. The summed E-state index contributed by atoms with van der Waals surface area (Å²) in [6.07, 6.45) is 6.40. The number of rotatable bonds is 6. The molecule has 1 unspecified atom stereocenters. The van der Waals surface area contributed by atoms with Gasteiger partial charge in [0.2, 0.25) is 0 Å². The van der Waals surface area contributed by atoms with Gasteiger partial charge in [-0.1, -0.05) is 60.7 Å². The van der Waals surface area contributed by atoms with Gasteiger partial charge in [0.1, 0.15) is 23.3 Å². The van der Waals surface area contributed by atoms with Crippen LogP contribution >= 0.6 is 0 Å². The van der Waals surface area contributed by atoms with Gasteiger partial charge in [0.05, 0.1) is 13.3 Å². The first-order valence-electron chi connectivity index (χ1n) is 10.5. The number of aromatic nitrogens is 3. The quantitative estimate of drug-likeness (QED) is 0.479. The van der Waals surface area contributed by atoms with Gasteiger partial charge in [-0.3, -0.25) is 10.3 Å². The second kappa shape index (κ2) is 8.59. The molecule has 0 bridgehead atoms. The first-order chi connectivity index (χ1) is 15.7. The lowest BCUT2D eigenvalue weighted by atomic mass is 10.1. The predicted octanol–water partition coefficient (Wildman–Crippen LogP) is 3.71. The molecule has 158 valence electrons. The Morgan fingerprint density at radius 2 is 1.75 bits per heavy atom. The first kappa shape index (κ1) is 19.9. The van der Waals surface area contributed by atoms with E-state index < -0.39 is 6.04 Å². The summed E-state index contributed by atoms with van der Waals surface area (Å²) in [5.41, 5.74) is 4.67. The zero-order valence-electron chi connectivity index (χ0n) is 17.7. The van der Waals surface area contributed by atoms with Crippen molar-refractivity contribution in [2.45, 2.75) is 18.9 Å². The van der Waals surface area contributed by atoms with E-state index in [1.807, 2.05) is 60.8 Å². The molecule has 4 aromatic rings. The Kier molecular flexibility index (Phi) is 5.34. The lowest BCUT2D eigenvalue weighted by molar-refractivity contribution is -0.552. The number of carbonyl (C=O) groups is 1. The molecule has 6 heteroatoms. The Hall–Kier alpha value is -4.06. The minimum atomic E-state index is -0.397. The summed E-state index contributed by atoms with van der Waals surface area (Å²) in [5, 5.41) is 3.42. The van der Waals surface area contributed by atoms with Gasteiger partial charge in [0.25, 0.3) is 0 Å². The second-order valence-electron chi connectivity index (χ2n) is 7.79. The monoisotopic (exact) mass is 423 g/mol. The molecule has 0 saturated heterocycles. The molecule has 2 aromatic heterocycles. The Labute approximate surface area is 186 Å². The number of methoxy groups -OCH3 is 1. The lowest BCUT2D eigenvalue weighted by Crippen LogP contribution is -2.44. The van der Waals surface area contributed by atoms with E-state index in [4.69, 9.17) is 9.72 Å². The fourth-order valence-corrected chi connectivity index (χ4v) is 4.00. The number of carbonyl (C=O) groups excluding carboxylic acids is 1. The maximum atomic E-state index is 13.4. The van der Waals surface area contributed by atoms with E-state index in [1.54, 1.807) is 24.1 Å². The van der Waals surface area contributed by atoms with Crippen molar-refractivity contribution in [1.82, 2.24) is 9.97 Å². The Balaban J connectivity index is 1.52. The molecule has 0 aliphatic carbocycles. The highest BCUT2D eigenvalue weighted by Gasteiger charge is 2.41. The molecule has 0 spiro atoms. The molecule has 3 heterocycles. The summed E-state index contributed by atoms with van der Waals surface area (Å²) in [4.78, 5) is 22.5. The first-order valence-corrected chi connectivity index (χ1v) is 10.5. The highest BCUT2D eigenvalue weighted by Crippen LogP contribution is 2.25. The second-order valence-corrected chi connectivity index (χ2v) is 7.79. The molecule has 0 amide bonds. The van der Waals surface area contributed by atoms with Crippen molar-refractivity contribution in [3.63, 3.8) is 0 Å². The van der Waals surface area contributed by atoms with Crippen molar-refractivity contribution < 1.29 is 14.1 Å². The standard InChI is InChI=1S/C26H22N4O2/c1-32-21-12-19(15-27-16-21)14-23-26(31)30-17-24(20-10-6-3-7-11-20)28-22(25(30)29-23)13-18-8-4-2-5-9-18/h2-12,15-17,23H,13-14H2,1H3/p+1. The molecule has 0 fully saturated rings. The number of nitrogens with zero attached hydrogens (tertiary/aromatic N) is 3. The number of benzene rings is 2. The van der Waals surface area contributed by atoms with E-state index in [0.29, 0.717) is 18.6 Å². The molecule has 1 atom stereocenters. The predicted molar refractivity (Wildman–Crippen MR) is 122 cm³/mol. The van der Waals surface area contributed by atoms with Crippen LogP contribution in [0.2, 0.25) is 0 Å². The number of anilines is 1. The number of ether oxygens (including phenoxy) is 1. The summed E-state index contributed by atoms with van der Waals surface area (Å²) >= 11 is 0. The average molecular weight is 423 g/mol. The Morgan fingerprint density at radius 1 is 1.00 bits per heavy atom. The largest absolute Gasteiger partial charge is 0.495 e. The van der Waals surface area contributed by atoms with Gasteiger partial charge in [-0.25, -0.2) is 9.78 Å². The number of pyridine rings is 1. The van der Waals surface area contributed by atoms with Crippen LogP contribution in [0.3, 0.4) is 0 Å². The van der Waals surface area contributed by atoms with Gasteiger partial charge >= 0.3 is 11.7 Å².